The highest BCUT2D eigenvalue weighted by molar-refractivity contribution is 6.42. The molecule has 0 atom stereocenters. The first-order valence-corrected chi connectivity index (χ1v) is 5.90. The van der Waals surface area contributed by atoms with E-state index in [1.807, 2.05) is 12.1 Å². The van der Waals surface area contributed by atoms with Crippen LogP contribution in [0.5, 0.6) is 0 Å². The van der Waals surface area contributed by atoms with Crippen LogP contribution in [0.2, 0.25) is 10.0 Å². The Labute approximate surface area is 102 Å². The molecule has 0 fully saturated rings. The van der Waals surface area contributed by atoms with Crippen molar-refractivity contribution in [2.75, 3.05) is 0 Å². The van der Waals surface area contributed by atoms with Crippen LogP contribution >= 0.6 is 23.2 Å². The van der Waals surface area contributed by atoms with Gasteiger partial charge >= 0.3 is 0 Å². The molecule has 1 nitrogen and oxygen atoms in total. The highest BCUT2D eigenvalue weighted by atomic mass is 35.5. The quantitative estimate of drug-likeness (QED) is 0.836. The van der Waals surface area contributed by atoms with E-state index in [0.717, 1.165) is 18.5 Å². The average Bonchev–Trinajstić information content (AvgIpc) is 2.20. The highest BCUT2D eigenvalue weighted by Gasteiger charge is 2.14. The van der Waals surface area contributed by atoms with Gasteiger partial charge < -0.3 is 5.32 Å². The average molecular weight is 246 g/mol. The zero-order valence-corrected chi connectivity index (χ0v) is 10.9. The van der Waals surface area contributed by atoms with Gasteiger partial charge in [0.1, 0.15) is 0 Å². The van der Waals surface area contributed by atoms with E-state index < -0.39 is 0 Å². The zero-order valence-electron chi connectivity index (χ0n) is 9.40. The van der Waals surface area contributed by atoms with Crippen LogP contribution in [-0.2, 0) is 6.54 Å². The first kappa shape index (κ1) is 12.8. The van der Waals surface area contributed by atoms with Crippen molar-refractivity contribution in [3.05, 3.63) is 33.8 Å². The van der Waals surface area contributed by atoms with Crippen molar-refractivity contribution in [3.8, 4) is 0 Å². The minimum atomic E-state index is 0.131. The summed E-state index contributed by atoms with van der Waals surface area (Å²) < 4.78 is 0. The van der Waals surface area contributed by atoms with Crippen LogP contribution in [0.25, 0.3) is 0 Å². The molecule has 0 aliphatic heterocycles. The maximum absolute atomic E-state index is 6.09. The second-order valence-electron chi connectivity index (χ2n) is 4.30. The molecule has 0 saturated carbocycles. The third-order valence-corrected chi connectivity index (χ3v) is 3.53. The number of hydrogen-bond donors (Lipinski definition) is 1. The van der Waals surface area contributed by atoms with Gasteiger partial charge in [-0.3, -0.25) is 0 Å². The van der Waals surface area contributed by atoms with Crippen molar-refractivity contribution >= 4 is 23.2 Å². The first-order valence-electron chi connectivity index (χ1n) is 5.14. The molecule has 1 rings (SSSR count). The fourth-order valence-electron chi connectivity index (χ4n) is 1.14. The van der Waals surface area contributed by atoms with Gasteiger partial charge in [0, 0.05) is 12.1 Å². The second-order valence-corrected chi connectivity index (χ2v) is 5.09. The van der Waals surface area contributed by atoms with E-state index in [2.05, 4.69) is 26.1 Å². The van der Waals surface area contributed by atoms with Crippen LogP contribution in [0, 0.1) is 0 Å². The normalized spacial score (nSPS) is 11.8. The molecule has 0 radical (unpaired) electrons. The smallest absolute Gasteiger partial charge is 0.0637 e. The molecule has 1 N–H and O–H groups in total. The van der Waals surface area contributed by atoms with Crippen molar-refractivity contribution in [1.29, 1.82) is 0 Å². The minimum absolute atomic E-state index is 0.131. The van der Waals surface area contributed by atoms with Crippen molar-refractivity contribution in [3.63, 3.8) is 0 Å². The Morgan fingerprint density at radius 1 is 1.27 bits per heavy atom. The van der Waals surface area contributed by atoms with E-state index in [0.29, 0.717) is 10.0 Å². The fourth-order valence-corrected chi connectivity index (χ4v) is 1.53. The first-order chi connectivity index (χ1) is 6.96. The van der Waals surface area contributed by atoms with Gasteiger partial charge in [-0.1, -0.05) is 42.3 Å². The third kappa shape index (κ3) is 3.67. The minimum Gasteiger partial charge on any atom is -0.308 e. The lowest BCUT2D eigenvalue weighted by atomic mass is 10.0. The van der Waals surface area contributed by atoms with Gasteiger partial charge in [-0.2, -0.15) is 0 Å². The van der Waals surface area contributed by atoms with Crippen molar-refractivity contribution in [2.45, 2.75) is 39.3 Å². The molecule has 0 spiro atoms. The van der Waals surface area contributed by atoms with Gasteiger partial charge in [0.25, 0.3) is 0 Å². The zero-order chi connectivity index (χ0) is 11.5. The van der Waals surface area contributed by atoms with Crippen LogP contribution in [0.1, 0.15) is 32.8 Å². The standard InChI is InChI=1S/C12H17Cl2N/c1-4-12(2,3)15-8-9-6-5-7-10(13)11(9)14/h5-7,15H,4,8H2,1-3H3. The monoisotopic (exact) mass is 245 g/mol. The van der Waals surface area contributed by atoms with E-state index in [1.54, 1.807) is 6.07 Å². The molecular formula is C12H17Cl2N. The summed E-state index contributed by atoms with van der Waals surface area (Å²) in [6.45, 7) is 7.25. The largest absolute Gasteiger partial charge is 0.308 e. The number of hydrogen-bond acceptors (Lipinski definition) is 1. The Kier molecular flexibility index (Phi) is 4.45. The van der Waals surface area contributed by atoms with Gasteiger partial charge in [-0.25, -0.2) is 0 Å². The predicted octanol–water partition coefficient (Wildman–Crippen LogP) is 4.27. The summed E-state index contributed by atoms with van der Waals surface area (Å²) in [6.07, 6.45) is 1.07. The molecule has 0 unspecified atom stereocenters. The molecule has 15 heavy (non-hydrogen) atoms. The molecule has 0 amide bonds. The molecule has 0 saturated heterocycles. The Morgan fingerprint density at radius 3 is 2.53 bits per heavy atom. The molecule has 84 valence electrons. The van der Waals surface area contributed by atoms with Crippen LogP contribution in [0.4, 0.5) is 0 Å². The van der Waals surface area contributed by atoms with Crippen LogP contribution in [0.3, 0.4) is 0 Å². The molecule has 1 aromatic carbocycles. The SMILES string of the molecule is CCC(C)(C)NCc1cccc(Cl)c1Cl. The summed E-state index contributed by atoms with van der Waals surface area (Å²) in [5.41, 5.74) is 1.18. The third-order valence-electron chi connectivity index (χ3n) is 2.67. The second kappa shape index (κ2) is 5.20. The summed E-state index contributed by atoms with van der Waals surface area (Å²) in [5.74, 6) is 0. The van der Waals surface area contributed by atoms with Crippen LogP contribution < -0.4 is 5.32 Å². The Balaban J connectivity index is 2.70. The Hall–Kier alpha value is -0.240. The molecule has 0 aromatic heterocycles. The Morgan fingerprint density at radius 2 is 1.93 bits per heavy atom. The fraction of sp³-hybridized carbons (Fsp3) is 0.500. The molecule has 1 aromatic rings. The van der Waals surface area contributed by atoms with E-state index in [-0.39, 0.29) is 5.54 Å². The predicted molar refractivity (Wildman–Crippen MR) is 67.7 cm³/mol. The lowest BCUT2D eigenvalue weighted by Gasteiger charge is -2.25. The molecular weight excluding hydrogens is 229 g/mol. The maximum Gasteiger partial charge on any atom is 0.0637 e. The van der Waals surface area contributed by atoms with E-state index in [4.69, 9.17) is 23.2 Å². The molecule has 0 aliphatic rings. The highest BCUT2D eigenvalue weighted by Crippen LogP contribution is 2.25. The lowest BCUT2D eigenvalue weighted by Crippen LogP contribution is -2.37. The summed E-state index contributed by atoms with van der Waals surface area (Å²) in [6, 6.07) is 5.72. The Bertz CT molecular complexity index is 334. The number of halogens is 2. The molecule has 3 heteroatoms. The van der Waals surface area contributed by atoms with E-state index in [9.17, 15) is 0 Å². The number of nitrogens with one attached hydrogen (secondary N) is 1. The van der Waals surface area contributed by atoms with Gasteiger partial charge in [0.2, 0.25) is 0 Å². The summed E-state index contributed by atoms with van der Waals surface area (Å²) in [4.78, 5) is 0. The van der Waals surface area contributed by atoms with Crippen molar-refractivity contribution in [1.82, 2.24) is 5.32 Å². The van der Waals surface area contributed by atoms with Gasteiger partial charge in [-0.15, -0.1) is 0 Å². The van der Waals surface area contributed by atoms with Gasteiger partial charge in [0.15, 0.2) is 0 Å². The summed E-state index contributed by atoms with van der Waals surface area (Å²) >= 11 is 12.0. The molecule has 0 heterocycles. The van der Waals surface area contributed by atoms with E-state index in [1.165, 1.54) is 0 Å². The van der Waals surface area contributed by atoms with Gasteiger partial charge in [0.05, 0.1) is 10.0 Å². The van der Waals surface area contributed by atoms with Gasteiger partial charge in [-0.05, 0) is 31.9 Å². The number of rotatable bonds is 4. The lowest BCUT2D eigenvalue weighted by molar-refractivity contribution is 0.374. The summed E-state index contributed by atoms with van der Waals surface area (Å²) in [5, 5.41) is 4.72. The van der Waals surface area contributed by atoms with Crippen LogP contribution in [0.15, 0.2) is 18.2 Å². The van der Waals surface area contributed by atoms with Crippen molar-refractivity contribution < 1.29 is 0 Å². The molecule has 0 bridgehead atoms. The topological polar surface area (TPSA) is 12.0 Å². The summed E-state index contributed by atoms with van der Waals surface area (Å²) in [7, 11) is 0. The molecule has 0 aliphatic carbocycles. The van der Waals surface area contributed by atoms with Crippen LogP contribution in [-0.4, -0.2) is 5.54 Å². The number of benzene rings is 1. The van der Waals surface area contributed by atoms with E-state index >= 15 is 0 Å². The maximum atomic E-state index is 6.09. The van der Waals surface area contributed by atoms with Crippen molar-refractivity contribution in [2.24, 2.45) is 0 Å².